The molecule has 55 heavy (non-hydrogen) atoms. The molecular formula is C35H39ClN8O11. The Hall–Kier alpha value is -5.35. The average Bonchev–Trinajstić information content (AvgIpc) is 3.77. The van der Waals surface area contributed by atoms with Gasteiger partial charge in [0, 0.05) is 24.9 Å². The molecule has 0 aliphatic carbocycles. The van der Waals surface area contributed by atoms with Gasteiger partial charge >= 0.3 is 12.1 Å². The van der Waals surface area contributed by atoms with Gasteiger partial charge in [-0.05, 0) is 52.4 Å². The molecule has 0 amide bonds. The predicted molar refractivity (Wildman–Crippen MR) is 188 cm³/mol. The number of nitrogens with zero attached hydrogens (tertiary/aromatic N) is 8. The van der Waals surface area contributed by atoms with Gasteiger partial charge in [0.2, 0.25) is 12.6 Å². The Morgan fingerprint density at radius 2 is 1.62 bits per heavy atom. The van der Waals surface area contributed by atoms with Crippen LogP contribution in [0.15, 0.2) is 72.8 Å². The van der Waals surface area contributed by atoms with Gasteiger partial charge < -0.3 is 18.8 Å². The first-order valence-corrected chi connectivity index (χ1v) is 17.4. The van der Waals surface area contributed by atoms with Crippen LogP contribution in [0.5, 0.6) is 5.75 Å². The van der Waals surface area contributed by atoms with Crippen molar-refractivity contribution >= 4 is 23.7 Å². The van der Waals surface area contributed by atoms with E-state index in [4.69, 9.17) is 46.6 Å². The number of rotatable bonds is 20. The average molecular weight is 783 g/mol. The van der Waals surface area contributed by atoms with Crippen LogP contribution in [0.3, 0.4) is 0 Å². The summed E-state index contributed by atoms with van der Waals surface area (Å²) < 4.78 is 17.8. The van der Waals surface area contributed by atoms with Crippen molar-refractivity contribution < 1.29 is 54.3 Å². The fourth-order valence-electron chi connectivity index (χ4n) is 5.31. The van der Waals surface area contributed by atoms with E-state index in [1.165, 1.54) is 12.1 Å². The highest BCUT2D eigenvalue weighted by atomic mass is 35.5. The fraction of sp³-hybridized carbons (Fsp3) is 0.314. The van der Waals surface area contributed by atoms with Crippen LogP contribution in [-0.4, -0.2) is 80.1 Å². The Labute approximate surface area is 319 Å². The van der Waals surface area contributed by atoms with Crippen LogP contribution >= 0.6 is 11.6 Å². The predicted octanol–water partition coefficient (Wildman–Crippen LogP) is 5.77. The maximum absolute atomic E-state index is 12.3. The lowest BCUT2D eigenvalue weighted by atomic mass is 9.98. The molecule has 0 atom stereocenters. The van der Waals surface area contributed by atoms with Crippen molar-refractivity contribution in [1.29, 1.82) is 0 Å². The normalized spacial score (nSPS) is 11.3. The molecule has 2 aromatic heterocycles. The summed E-state index contributed by atoms with van der Waals surface area (Å²) in [5.74, 6) is 0.726. The van der Waals surface area contributed by atoms with E-state index in [-0.39, 0.29) is 50.3 Å². The molecule has 0 radical (unpaired) electrons. The molecule has 0 saturated carbocycles. The Bertz CT molecular complexity index is 2010. The second kappa shape index (κ2) is 20.4. The molecule has 0 aliphatic rings. The molecule has 0 saturated heterocycles. The van der Waals surface area contributed by atoms with E-state index in [9.17, 15) is 9.59 Å². The van der Waals surface area contributed by atoms with E-state index in [2.05, 4.69) is 37.0 Å². The summed E-state index contributed by atoms with van der Waals surface area (Å²) >= 11 is 6.54. The number of aryl methyl sites for hydroxylation is 1. The third-order valence-electron chi connectivity index (χ3n) is 7.93. The van der Waals surface area contributed by atoms with Crippen LogP contribution in [0.4, 0.5) is 4.79 Å². The number of tetrazole rings is 1. The number of benzene rings is 3. The van der Waals surface area contributed by atoms with Gasteiger partial charge in [-0.1, -0.05) is 85.6 Å². The molecular weight excluding hydrogens is 744 g/mol. The first-order valence-electron chi connectivity index (χ1n) is 17.0. The second-order valence-electron chi connectivity index (χ2n) is 11.8. The van der Waals surface area contributed by atoms with Crippen LogP contribution in [0.1, 0.15) is 55.3 Å². The lowest BCUT2D eigenvalue weighted by Crippen LogP contribution is -2.16. The van der Waals surface area contributed by atoms with Crippen molar-refractivity contribution in [3.05, 3.63) is 101 Å². The minimum absolute atomic E-state index is 0.00639. The third-order valence-corrected chi connectivity index (χ3v) is 8.23. The largest absolute Gasteiger partial charge is 0.515 e. The van der Waals surface area contributed by atoms with Gasteiger partial charge in [0.15, 0.2) is 5.15 Å². The number of ether oxygens (including phenoxy) is 3. The van der Waals surface area contributed by atoms with E-state index < -0.39 is 22.9 Å². The molecule has 4 N–H and O–H groups in total. The van der Waals surface area contributed by atoms with Gasteiger partial charge in [-0.25, -0.2) is 14.6 Å². The fourth-order valence-corrected chi connectivity index (χ4v) is 5.57. The summed E-state index contributed by atoms with van der Waals surface area (Å²) in [5, 5.41) is 46.7. The molecule has 3 aromatic carbocycles. The Kier molecular flexibility index (Phi) is 15.1. The van der Waals surface area contributed by atoms with Crippen molar-refractivity contribution in [3.8, 4) is 28.3 Å². The highest BCUT2D eigenvalue weighted by molar-refractivity contribution is 6.30. The molecule has 19 nitrogen and oxygen atoms in total. The van der Waals surface area contributed by atoms with Gasteiger partial charge in [0.1, 0.15) is 18.2 Å². The number of hydrogen-bond donors (Lipinski definition) is 4. The highest BCUT2D eigenvalue weighted by Gasteiger charge is 2.19. The van der Waals surface area contributed by atoms with Crippen molar-refractivity contribution in [2.45, 2.75) is 65.5 Å². The maximum atomic E-state index is 12.3. The van der Waals surface area contributed by atoms with Gasteiger partial charge in [-0.15, -0.1) is 15.0 Å². The van der Waals surface area contributed by atoms with E-state index in [1.54, 1.807) is 12.1 Å². The molecule has 0 spiro atoms. The zero-order chi connectivity index (χ0) is 39.2. The lowest BCUT2D eigenvalue weighted by Gasteiger charge is -2.14. The summed E-state index contributed by atoms with van der Waals surface area (Å²) in [6.07, 6.45) is 1.74. The smallest absolute Gasteiger partial charge is 0.459 e. The number of carbonyl (C=O) groups excluding carboxylic acids is 2. The molecule has 0 bridgehead atoms. The zero-order valence-electron chi connectivity index (χ0n) is 29.6. The topological polar surface area (TPSA) is 229 Å². The van der Waals surface area contributed by atoms with E-state index >= 15 is 0 Å². The lowest BCUT2D eigenvalue weighted by molar-refractivity contribution is -0.497. The van der Waals surface area contributed by atoms with Gasteiger partial charge in [-0.3, -0.25) is 30.5 Å². The standard InChI is InChI=1S/C35H39ClN8O11/c1-2-3-12-31-37-33(36)30(22-51-32(45)13-7-18-53-43(47)48)41(31)20-24-14-16-26(17-15-24)28-10-4-5-11-29(28)34-38-40-42(39-34)23-52-35(46)55-27-9-6-8-25(19-27)21-54-44(49)50/h4-6,8-11,14-17,19,47-50H,2-3,7,12-13,18,20-23H2,1H3. The Morgan fingerprint density at radius 1 is 0.855 bits per heavy atom. The Morgan fingerprint density at radius 3 is 2.36 bits per heavy atom. The van der Waals surface area contributed by atoms with Gasteiger partial charge in [0.25, 0.3) is 0 Å². The van der Waals surface area contributed by atoms with E-state index in [0.29, 0.717) is 35.6 Å². The minimum atomic E-state index is -1.02. The molecule has 0 unspecified atom stereocenters. The Balaban J connectivity index is 1.23. The van der Waals surface area contributed by atoms with Crippen LogP contribution in [0.25, 0.3) is 22.5 Å². The molecule has 5 rings (SSSR count). The highest BCUT2D eigenvalue weighted by Crippen LogP contribution is 2.30. The number of halogens is 1. The van der Waals surface area contributed by atoms with Crippen LogP contribution in [0.2, 0.25) is 5.15 Å². The minimum Gasteiger partial charge on any atom is -0.459 e. The number of esters is 1. The van der Waals surface area contributed by atoms with Crippen LogP contribution in [-0.2, 0) is 56.9 Å². The first kappa shape index (κ1) is 40.8. The summed E-state index contributed by atoms with van der Waals surface area (Å²) in [6, 6.07) is 21.6. The van der Waals surface area contributed by atoms with Crippen molar-refractivity contribution in [3.63, 3.8) is 0 Å². The second-order valence-corrected chi connectivity index (χ2v) is 12.2. The maximum Gasteiger partial charge on any atom is 0.515 e. The molecule has 0 aliphatic heterocycles. The van der Waals surface area contributed by atoms with Crippen molar-refractivity contribution in [2.24, 2.45) is 0 Å². The van der Waals surface area contributed by atoms with Crippen molar-refractivity contribution in [1.82, 2.24) is 40.5 Å². The van der Waals surface area contributed by atoms with Crippen molar-refractivity contribution in [2.75, 3.05) is 6.61 Å². The van der Waals surface area contributed by atoms with Gasteiger partial charge in [0.05, 0.1) is 29.7 Å². The number of carbonyl (C=O) groups is 2. The number of hydrogen-bond acceptors (Lipinski definition) is 17. The number of unbranched alkanes of at least 4 members (excludes halogenated alkanes) is 1. The van der Waals surface area contributed by atoms with E-state index in [0.717, 1.165) is 40.2 Å². The third kappa shape index (κ3) is 12.3. The van der Waals surface area contributed by atoms with Gasteiger partial charge in [-0.2, -0.15) is 0 Å². The number of aromatic nitrogens is 6. The summed E-state index contributed by atoms with van der Waals surface area (Å²) in [6.45, 7) is 1.78. The summed E-state index contributed by atoms with van der Waals surface area (Å²) in [4.78, 5) is 39.4. The molecule has 5 aromatic rings. The monoisotopic (exact) mass is 782 g/mol. The molecule has 0 fully saturated rings. The summed E-state index contributed by atoms with van der Waals surface area (Å²) in [7, 11) is 0. The molecule has 20 heteroatoms. The molecule has 2 heterocycles. The molecule has 292 valence electrons. The first-order chi connectivity index (χ1) is 26.6. The van der Waals surface area contributed by atoms with Crippen LogP contribution < -0.4 is 4.74 Å². The number of imidazole rings is 1. The zero-order valence-corrected chi connectivity index (χ0v) is 30.4. The SMILES string of the molecule is CCCCc1nc(Cl)c(COC(=O)CCCON(O)O)n1Cc1ccc(-c2ccccc2-c2nnn(COC(=O)Oc3cccc(CON(O)O)c3)n2)cc1. The van der Waals surface area contributed by atoms with E-state index in [1.807, 2.05) is 53.1 Å². The summed E-state index contributed by atoms with van der Waals surface area (Å²) in [5.41, 5.74) is 4.42. The quantitative estimate of drug-likeness (QED) is 0.0318. The van der Waals surface area contributed by atoms with Crippen LogP contribution in [0, 0.1) is 0 Å².